The number of benzene rings is 2. The largest absolute Gasteiger partial charge is 0.349 e. The average Bonchev–Trinajstić information content (AvgIpc) is 3.48. The number of amides is 2. The number of nitrogens with one attached hydrogen (secondary N) is 2. The van der Waals surface area contributed by atoms with Crippen LogP contribution >= 0.6 is 11.3 Å². The molecule has 1 aromatic heterocycles. The van der Waals surface area contributed by atoms with Gasteiger partial charge < -0.3 is 10.6 Å². The van der Waals surface area contributed by atoms with Gasteiger partial charge in [0.25, 0.3) is 5.91 Å². The van der Waals surface area contributed by atoms with Crippen molar-refractivity contribution in [2.75, 3.05) is 25.0 Å². The summed E-state index contributed by atoms with van der Waals surface area (Å²) in [5, 5.41) is 7.11. The van der Waals surface area contributed by atoms with Crippen molar-refractivity contribution in [2.45, 2.75) is 37.6 Å². The third-order valence-corrected chi connectivity index (χ3v) is 7.09. The Kier molecular flexibility index (Phi) is 5.70. The van der Waals surface area contributed by atoms with Crippen molar-refractivity contribution in [2.24, 2.45) is 0 Å². The Hall–Kier alpha value is -2.77. The van der Waals surface area contributed by atoms with Gasteiger partial charge in [-0.25, -0.2) is 4.98 Å². The van der Waals surface area contributed by atoms with Crippen molar-refractivity contribution >= 4 is 39.1 Å². The zero-order valence-electron chi connectivity index (χ0n) is 17.3. The minimum Gasteiger partial charge on any atom is -0.349 e. The standard InChI is InChI=1S/C24H26N4O2S/c29-22(26-19-8-2-1-7-18(19)23(30)25-17-11-12-17)15-28-13-5-6-16(14-28)24-27-20-9-3-4-10-21(20)31-24/h1-4,7-10,16-17H,5-6,11-15H2,(H,25,30)(H,26,29). The Balaban J connectivity index is 1.22. The van der Waals surface area contributed by atoms with E-state index in [4.69, 9.17) is 4.98 Å². The SMILES string of the molecule is O=C(CN1CCCC(c2nc3ccccc3s2)C1)Nc1ccccc1C(=O)NC1CC1. The Morgan fingerprint density at radius 1 is 1.06 bits per heavy atom. The van der Waals surface area contributed by atoms with Gasteiger partial charge in [-0.3, -0.25) is 14.5 Å². The number of hydrogen-bond acceptors (Lipinski definition) is 5. The van der Waals surface area contributed by atoms with E-state index in [-0.39, 0.29) is 17.9 Å². The number of nitrogens with zero attached hydrogens (tertiary/aromatic N) is 2. The fourth-order valence-electron chi connectivity index (χ4n) is 4.14. The van der Waals surface area contributed by atoms with Gasteiger partial charge in [-0.15, -0.1) is 11.3 Å². The number of piperidine rings is 1. The second kappa shape index (κ2) is 8.77. The first-order valence-electron chi connectivity index (χ1n) is 10.9. The van der Waals surface area contributed by atoms with E-state index in [1.807, 2.05) is 24.3 Å². The number of rotatable bonds is 6. The number of para-hydroxylation sites is 2. The van der Waals surface area contributed by atoms with Crippen molar-refractivity contribution in [1.29, 1.82) is 0 Å². The van der Waals surface area contributed by atoms with Crippen molar-refractivity contribution in [1.82, 2.24) is 15.2 Å². The van der Waals surface area contributed by atoms with Crippen LogP contribution in [0.5, 0.6) is 0 Å². The second-order valence-corrected chi connectivity index (χ2v) is 9.50. The van der Waals surface area contributed by atoms with Crippen LogP contribution in [0, 0.1) is 0 Å². The van der Waals surface area contributed by atoms with Crippen LogP contribution < -0.4 is 10.6 Å². The summed E-state index contributed by atoms with van der Waals surface area (Å²) >= 11 is 1.76. The first-order chi connectivity index (χ1) is 15.2. The highest BCUT2D eigenvalue weighted by molar-refractivity contribution is 7.18. The second-order valence-electron chi connectivity index (χ2n) is 8.44. The minimum absolute atomic E-state index is 0.0865. The highest BCUT2D eigenvalue weighted by Crippen LogP contribution is 2.33. The van der Waals surface area contributed by atoms with Crippen LogP contribution in [0.25, 0.3) is 10.2 Å². The third kappa shape index (κ3) is 4.78. The van der Waals surface area contributed by atoms with Crippen LogP contribution in [0.2, 0.25) is 0 Å². The number of anilines is 1. The van der Waals surface area contributed by atoms with E-state index in [9.17, 15) is 9.59 Å². The molecule has 1 atom stereocenters. The molecule has 2 fully saturated rings. The molecule has 2 heterocycles. The zero-order valence-corrected chi connectivity index (χ0v) is 18.2. The Morgan fingerprint density at radius 2 is 1.87 bits per heavy atom. The van der Waals surface area contributed by atoms with Crippen LogP contribution in [0.15, 0.2) is 48.5 Å². The molecule has 2 aromatic carbocycles. The molecule has 1 saturated heterocycles. The van der Waals surface area contributed by atoms with Gasteiger partial charge in [0.15, 0.2) is 0 Å². The van der Waals surface area contributed by atoms with Crippen molar-refractivity contribution in [3.8, 4) is 0 Å². The molecule has 2 N–H and O–H groups in total. The van der Waals surface area contributed by atoms with E-state index >= 15 is 0 Å². The number of fused-ring (bicyclic) bond motifs is 1. The van der Waals surface area contributed by atoms with Gasteiger partial charge in [0.2, 0.25) is 5.91 Å². The fraction of sp³-hybridized carbons (Fsp3) is 0.375. The molecule has 5 rings (SSSR count). The minimum atomic E-state index is -0.118. The molecule has 1 saturated carbocycles. The van der Waals surface area contributed by atoms with Gasteiger partial charge in [-0.1, -0.05) is 24.3 Å². The summed E-state index contributed by atoms with van der Waals surface area (Å²) in [7, 11) is 0. The summed E-state index contributed by atoms with van der Waals surface area (Å²) in [5.41, 5.74) is 2.15. The summed E-state index contributed by atoms with van der Waals surface area (Å²) < 4.78 is 1.22. The van der Waals surface area contributed by atoms with Crippen molar-refractivity contribution in [3.63, 3.8) is 0 Å². The van der Waals surface area contributed by atoms with Crippen molar-refractivity contribution < 1.29 is 9.59 Å². The molecule has 2 aliphatic rings. The number of hydrogen-bond donors (Lipinski definition) is 2. The summed E-state index contributed by atoms with van der Waals surface area (Å²) in [5.74, 6) is 0.152. The molecule has 0 bridgehead atoms. The first-order valence-corrected chi connectivity index (χ1v) is 11.7. The lowest BCUT2D eigenvalue weighted by molar-refractivity contribution is -0.117. The zero-order chi connectivity index (χ0) is 21.2. The van der Waals surface area contributed by atoms with Crippen LogP contribution in [-0.4, -0.2) is 47.4 Å². The van der Waals surface area contributed by atoms with Gasteiger partial charge in [-0.2, -0.15) is 0 Å². The highest BCUT2D eigenvalue weighted by Gasteiger charge is 2.27. The molecule has 2 amide bonds. The average molecular weight is 435 g/mol. The molecule has 6 nitrogen and oxygen atoms in total. The topological polar surface area (TPSA) is 74.3 Å². The number of aromatic nitrogens is 1. The molecule has 7 heteroatoms. The Labute approximate surface area is 185 Å². The maximum absolute atomic E-state index is 12.8. The predicted octanol–water partition coefficient (Wildman–Crippen LogP) is 4.01. The van der Waals surface area contributed by atoms with E-state index in [1.165, 1.54) is 4.70 Å². The lowest BCUT2D eigenvalue weighted by Crippen LogP contribution is -2.40. The van der Waals surface area contributed by atoms with E-state index < -0.39 is 0 Å². The maximum Gasteiger partial charge on any atom is 0.253 e. The summed E-state index contributed by atoms with van der Waals surface area (Å²) in [6, 6.07) is 15.7. The molecule has 1 aliphatic carbocycles. The summed E-state index contributed by atoms with van der Waals surface area (Å²) in [6.07, 6.45) is 4.21. The molecule has 31 heavy (non-hydrogen) atoms. The van der Waals surface area contributed by atoms with Gasteiger partial charge >= 0.3 is 0 Å². The lowest BCUT2D eigenvalue weighted by atomic mass is 9.99. The van der Waals surface area contributed by atoms with E-state index in [1.54, 1.807) is 23.5 Å². The molecule has 160 valence electrons. The molecule has 1 aliphatic heterocycles. The van der Waals surface area contributed by atoms with Crippen LogP contribution in [0.1, 0.15) is 47.0 Å². The molecular formula is C24H26N4O2S. The number of carbonyl (C=O) groups is 2. The van der Waals surface area contributed by atoms with Gasteiger partial charge in [0, 0.05) is 18.5 Å². The molecule has 0 radical (unpaired) electrons. The van der Waals surface area contributed by atoms with Gasteiger partial charge in [0.1, 0.15) is 0 Å². The molecular weight excluding hydrogens is 408 g/mol. The van der Waals surface area contributed by atoms with Crippen molar-refractivity contribution in [3.05, 3.63) is 59.1 Å². The summed E-state index contributed by atoms with van der Waals surface area (Å²) in [4.78, 5) is 32.3. The fourth-order valence-corrected chi connectivity index (χ4v) is 5.23. The smallest absolute Gasteiger partial charge is 0.253 e. The lowest BCUT2D eigenvalue weighted by Gasteiger charge is -2.31. The third-order valence-electron chi connectivity index (χ3n) is 5.89. The predicted molar refractivity (Wildman–Crippen MR) is 124 cm³/mol. The van der Waals surface area contributed by atoms with Gasteiger partial charge in [-0.05, 0) is 56.5 Å². The van der Waals surface area contributed by atoms with Crippen LogP contribution in [-0.2, 0) is 4.79 Å². The normalized spacial score (nSPS) is 19.3. The van der Waals surface area contributed by atoms with Crippen LogP contribution in [0.3, 0.4) is 0 Å². The monoisotopic (exact) mass is 434 g/mol. The maximum atomic E-state index is 12.8. The quantitative estimate of drug-likeness (QED) is 0.615. The first kappa shape index (κ1) is 20.2. The number of carbonyl (C=O) groups excluding carboxylic acids is 2. The molecule has 1 unspecified atom stereocenters. The van der Waals surface area contributed by atoms with Crippen LogP contribution in [0.4, 0.5) is 5.69 Å². The van der Waals surface area contributed by atoms with E-state index in [0.717, 1.165) is 49.3 Å². The summed E-state index contributed by atoms with van der Waals surface area (Å²) in [6.45, 7) is 2.05. The van der Waals surface area contributed by atoms with E-state index in [0.29, 0.717) is 23.7 Å². The number of likely N-dealkylation sites (tertiary alicyclic amines) is 1. The Bertz CT molecular complexity index is 1070. The van der Waals surface area contributed by atoms with Gasteiger partial charge in [0.05, 0.1) is 33.0 Å². The number of thiazole rings is 1. The Morgan fingerprint density at radius 3 is 2.71 bits per heavy atom. The molecule has 0 spiro atoms. The highest BCUT2D eigenvalue weighted by atomic mass is 32.1. The van der Waals surface area contributed by atoms with E-state index in [2.05, 4.69) is 27.7 Å². The molecule has 3 aromatic rings.